The third kappa shape index (κ3) is 0.789. The first-order chi connectivity index (χ1) is 5.40. The lowest BCUT2D eigenvalue weighted by molar-refractivity contribution is 0.738. The molecule has 0 saturated carbocycles. The first-order valence-corrected chi connectivity index (χ1v) is 2.83. The van der Waals surface area contributed by atoms with Gasteiger partial charge in [0.1, 0.15) is 0 Å². The van der Waals surface area contributed by atoms with Crippen LogP contribution < -0.4 is 0 Å². The van der Waals surface area contributed by atoms with Crippen LogP contribution in [0.5, 0.6) is 0 Å². The number of aromatic nitrogens is 5. The maximum atomic E-state index is 6.65. The molecule has 6 heteroatoms. The van der Waals surface area contributed by atoms with E-state index in [1.54, 1.807) is 12.1 Å². The summed E-state index contributed by atoms with van der Waals surface area (Å²) in [7, 11) is 0. The fourth-order valence-electron chi connectivity index (χ4n) is 0.700. The van der Waals surface area contributed by atoms with Crippen LogP contribution in [-0.2, 0) is 0 Å². The molecule has 2 aromatic heterocycles. The monoisotopic (exact) mass is 146 g/mol. The standard InChI is InChI=1S/C5H2N6/c1-6-4-2-3-5-7-9-10-11(5)8-4/h2-3H. The highest BCUT2D eigenvalue weighted by atomic mass is 15.6. The molecular weight excluding hydrogens is 144 g/mol. The van der Waals surface area contributed by atoms with E-state index in [0.717, 1.165) is 0 Å². The van der Waals surface area contributed by atoms with Crippen molar-refractivity contribution in [2.24, 2.45) is 0 Å². The number of nitrogens with zero attached hydrogens (tertiary/aromatic N) is 6. The minimum atomic E-state index is 0.282. The van der Waals surface area contributed by atoms with Crippen molar-refractivity contribution in [2.75, 3.05) is 0 Å². The Morgan fingerprint density at radius 2 is 2.36 bits per heavy atom. The molecule has 0 bridgehead atoms. The molecule has 0 fully saturated rings. The second-order valence-corrected chi connectivity index (χ2v) is 1.83. The Balaban J connectivity index is 2.79. The van der Waals surface area contributed by atoms with E-state index < -0.39 is 0 Å². The lowest BCUT2D eigenvalue weighted by Crippen LogP contribution is -1.91. The topological polar surface area (TPSA) is 60.3 Å². The van der Waals surface area contributed by atoms with Crippen LogP contribution in [0.15, 0.2) is 12.1 Å². The van der Waals surface area contributed by atoms with Gasteiger partial charge < -0.3 is 4.85 Å². The molecule has 2 aromatic rings. The average molecular weight is 146 g/mol. The van der Waals surface area contributed by atoms with Crippen LogP contribution in [0.1, 0.15) is 0 Å². The quantitative estimate of drug-likeness (QED) is 0.493. The molecule has 0 atom stereocenters. The average Bonchev–Trinajstić information content (AvgIpc) is 2.50. The van der Waals surface area contributed by atoms with Gasteiger partial charge in [-0.15, -0.1) is 5.10 Å². The van der Waals surface area contributed by atoms with Gasteiger partial charge in [0, 0.05) is 0 Å². The lowest BCUT2D eigenvalue weighted by atomic mass is 10.5. The molecule has 0 saturated heterocycles. The highest BCUT2D eigenvalue weighted by molar-refractivity contribution is 5.42. The normalized spacial score (nSPS) is 9.73. The number of fused-ring (bicyclic) bond motifs is 1. The molecule has 0 amide bonds. The minimum absolute atomic E-state index is 0.282. The van der Waals surface area contributed by atoms with Gasteiger partial charge in [-0.1, -0.05) is 6.57 Å². The summed E-state index contributed by atoms with van der Waals surface area (Å²) in [6.07, 6.45) is 0. The zero-order chi connectivity index (χ0) is 7.68. The van der Waals surface area contributed by atoms with E-state index in [2.05, 4.69) is 25.5 Å². The molecule has 0 spiro atoms. The molecule has 52 valence electrons. The van der Waals surface area contributed by atoms with Gasteiger partial charge >= 0.3 is 0 Å². The fraction of sp³-hybridized carbons (Fsp3) is 0. The Morgan fingerprint density at radius 3 is 3.18 bits per heavy atom. The Kier molecular flexibility index (Phi) is 1.03. The molecule has 6 nitrogen and oxygen atoms in total. The Labute approximate surface area is 61.3 Å². The van der Waals surface area contributed by atoms with Crippen LogP contribution in [0, 0.1) is 6.57 Å². The van der Waals surface area contributed by atoms with E-state index in [4.69, 9.17) is 6.57 Å². The number of hydrogen-bond donors (Lipinski definition) is 0. The van der Waals surface area contributed by atoms with Crippen molar-refractivity contribution in [1.82, 2.24) is 25.3 Å². The van der Waals surface area contributed by atoms with Crippen LogP contribution in [0.25, 0.3) is 10.5 Å². The number of tetrazole rings is 1. The minimum Gasteiger partial charge on any atom is -0.359 e. The van der Waals surface area contributed by atoms with E-state index in [1.165, 1.54) is 4.63 Å². The molecule has 2 heterocycles. The molecule has 0 aliphatic rings. The van der Waals surface area contributed by atoms with Crippen molar-refractivity contribution in [3.63, 3.8) is 0 Å². The molecule has 0 aliphatic carbocycles. The number of hydrogen-bond acceptors (Lipinski definition) is 4. The van der Waals surface area contributed by atoms with Gasteiger partial charge in [0.05, 0.1) is 0 Å². The zero-order valence-electron chi connectivity index (χ0n) is 5.34. The van der Waals surface area contributed by atoms with Crippen molar-refractivity contribution in [3.8, 4) is 0 Å². The molecule has 0 aromatic carbocycles. The van der Waals surface area contributed by atoms with Crippen molar-refractivity contribution in [2.45, 2.75) is 0 Å². The summed E-state index contributed by atoms with van der Waals surface area (Å²) in [6, 6.07) is 3.21. The zero-order valence-corrected chi connectivity index (χ0v) is 5.34. The predicted octanol–water partition coefficient (Wildman–Crippen LogP) is 0.0701. The summed E-state index contributed by atoms with van der Waals surface area (Å²) in [5.41, 5.74) is 0.539. The maximum absolute atomic E-state index is 6.65. The van der Waals surface area contributed by atoms with Crippen LogP contribution in [0.3, 0.4) is 0 Å². The maximum Gasteiger partial charge on any atom is 0.296 e. The predicted molar refractivity (Wildman–Crippen MR) is 34.8 cm³/mol. The largest absolute Gasteiger partial charge is 0.359 e. The van der Waals surface area contributed by atoms with Crippen molar-refractivity contribution < 1.29 is 0 Å². The molecule has 11 heavy (non-hydrogen) atoms. The summed E-state index contributed by atoms with van der Waals surface area (Å²) >= 11 is 0. The molecule has 0 aliphatic heterocycles. The van der Waals surface area contributed by atoms with E-state index in [1.807, 2.05) is 0 Å². The molecule has 0 unspecified atom stereocenters. The van der Waals surface area contributed by atoms with Crippen LogP contribution in [0.4, 0.5) is 5.82 Å². The van der Waals surface area contributed by atoms with Gasteiger partial charge in [-0.25, -0.2) is 0 Å². The summed E-state index contributed by atoms with van der Waals surface area (Å²) in [4.78, 5) is 3.12. The van der Waals surface area contributed by atoms with Crippen LogP contribution in [0.2, 0.25) is 0 Å². The van der Waals surface area contributed by atoms with Gasteiger partial charge in [0.15, 0.2) is 0 Å². The highest BCUT2D eigenvalue weighted by Crippen LogP contribution is 2.05. The van der Waals surface area contributed by atoms with E-state index >= 15 is 0 Å². The summed E-state index contributed by atoms with van der Waals surface area (Å²) in [5.74, 6) is 0.282. The number of rotatable bonds is 0. The molecule has 0 radical (unpaired) electrons. The molecule has 0 N–H and O–H groups in total. The summed E-state index contributed by atoms with van der Waals surface area (Å²) < 4.78 is 1.22. The van der Waals surface area contributed by atoms with Crippen molar-refractivity contribution >= 4 is 11.5 Å². The second-order valence-electron chi connectivity index (χ2n) is 1.83. The van der Waals surface area contributed by atoms with Gasteiger partial charge in [-0.3, -0.25) is 0 Å². The summed E-state index contributed by atoms with van der Waals surface area (Å²) in [6.45, 7) is 6.65. The third-order valence-corrected chi connectivity index (χ3v) is 1.17. The van der Waals surface area contributed by atoms with Crippen LogP contribution >= 0.6 is 0 Å². The highest BCUT2D eigenvalue weighted by Gasteiger charge is 2.00. The molecular formula is C5H2N6. The van der Waals surface area contributed by atoms with Crippen molar-refractivity contribution in [3.05, 3.63) is 23.5 Å². The SMILES string of the molecule is [C-]#[N+]c1ccc2nnnn2n1. The Hall–Kier alpha value is -2.03. The van der Waals surface area contributed by atoms with E-state index in [9.17, 15) is 0 Å². The molecule has 2 rings (SSSR count). The lowest BCUT2D eigenvalue weighted by Gasteiger charge is -1.83. The Morgan fingerprint density at radius 1 is 1.45 bits per heavy atom. The second kappa shape index (κ2) is 1.98. The first kappa shape index (κ1) is 5.73. The van der Waals surface area contributed by atoms with E-state index in [0.29, 0.717) is 5.65 Å². The summed E-state index contributed by atoms with van der Waals surface area (Å²) in [5, 5.41) is 14.3. The third-order valence-electron chi connectivity index (χ3n) is 1.17. The van der Waals surface area contributed by atoms with Crippen molar-refractivity contribution in [1.29, 1.82) is 0 Å². The van der Waals surface area contributed by atoms with Crippen LogP contribution in [-0.4, -0.2) is 25.3 Å². The van der Waals surface area contributed by atoms with Gasteiger partial charge in [0.25, 0.3) is 5.82 Å². The van der Waals surface area contributed by atoms with Gasteiger partial charge in [-0.2, -0.15) is 0 Å². The smallest absolute Gasteiger partial charge is 0.296 e. The fourth-order valence-corrected chi connectivity index (χ4v) is 0.700. The van der Waals surface area contributed by atoms with Gasteiger partial charge in [0.2, 0.25) is 5.65 Å². The van der Waals surface area contributed by atoms with Gasteiger partial charge in [-0.05, 0) is 32.3 Å². The first-order valence-electron chi connectivity index (χ1n) is 2.83. The van der Waals surface area contributed by atoms with E-state index in [-0.39, 0.29) is 5.82 Å². The Bertz CT molecular complexity index is 424.